The highest BCUT2D eigenvalue weighted by atomic mass is 16.5. The van der Waals surface area contributed by atoms with E-state index in [9.17, 15) is 4.79 Å². The summed E-state index contributed by atoms with van der Waals surface area (Å²) in [5, 5.41) is 0. The first-order valence-corrected chi connectivity index (χ1v) is 6.18. The van der Waals surface area contributed by atoms with Crippen LogP contribution in [0.5, 0.6) is 0 Å². The van der Waals surface area contributed by atoms with Crippen molar-refractivity contribution in [1.82, 2.24) is 4.90 Å². The van der Waals surface area contributed by atoms with Gasteiger partial charge in [-0.05, 0) is 45.1 Å². The number of carbonyl (C=O) groups is 1. The molecule has 1 aliphatic heterocycles. The van der Waals surface area contributed by atoms with Crippen molar-refractivity contribution in [3.8, 4) is 0 Å². The minimum absolute atomic E-state index is 0.0120. The highest BCUT2D eigenvalue weighted by Gasteiger charge is 2.30. The Kier molecular flexibility index (Phi) is 3.62. The standard InChI is InChI=1S/C12H21NO2/c1-2-15-12(14)11-4-3-7-13(9-11)8-10-5-6-10/h10-11H,2-9H2,1H3. The van der Waals surface area contributed by atoms with Crippen LogP contribution >= 0.6 is 0 Å². The van der Waals surface area contributed by atoms with Crippen LogP contribution in [0, 0.1) is 11.8 Å². The van der Waals surface area contributed by atoms with Gasteiger partial charge >= 0.3 is 5.97 Å². The van der Waals surface area contributed by atoms with Crippen molar-refractivity contribution in [2.45, 2.75) is 32.6 Å². The zero-order valence-corrected chi connectivity index (χ0v) is 9.58. The maximum atomic E-state index is 11.6. The van der Waals surface area contributed by atoms with E-state index in [0.29, 0.717) is 6.61 Å². The van der Waals surface area contributed by atoms with Crippen LogP contribution in [0.3, 0.4) is 0 Å². The van der Waals surface area contributed by atoms with Crippen molar-refractivity contribution < 1.29 is 9.53 Å². The molecule has 15 heavy (non-hydrogen) atoms. The number of rotatable bonds is 4. The number of nitrogens with zero attached hydrogens (tertiary/aromatic N) is 1. The van der Waals surface area contributed by atoms with E-state index in [1.54, 1.807) is 0 Å². The molecule has 1 atom stereocenters. The van der Waals surface area contributed by atoms with Gasteiger partial charge in [0.25, 0.3) is 0 Å². The quantitative estimate of drug-likeness (QED) is 0.662. The summed E-state index contributed by atoms with van der Waals surface area (Å²) in [5.74, 6) is 1.07. The second kappa shape index (κ2) is 4.97. The molecule has 0 aromatic rings. The Hall–Kier alpha value is -0.570. The zero-order valence-electron chi connectivity index (χ0n) is 9.58. The number of carbonyl (C=O) groups excluding carboxylic acids is 1. The predicted molar refractivity (Wildman–Crippen MR) is 58.5 cm³/mol. The second-order valence-corrected chi connectivity index (χ2v) is 4.79. The van der Waals surface area contributed by atoms with Gasteiger partial charge in [-0.2, -0.15) is 0 Å². The predicted octanol–water partition coefficient (Wildman–Crippen LogP) is 1.67. The van der Waals surface area contributed by atoms with Gasteiger partial charge in [-0.3, -0.25) is 4.79 Å². The molecule has 1 heterocycles. The summed E-state index contributed by atoms with van der Waals surface area (Å²) in [6.45, 7) is 5.69. The van der Waals surface area contributed by atoms with Crippen LogP contribution in [0.4, 0.5) is 0 Å². The molecule has 0 bridgehead atoms. The Balaban J connectivity index is 1.77. The summed E-state index contributed by atoms with van der Waals surface area (Å²) in [6, 6.07) is 0. The van der Waals surface area contributed by atoms with Crippen molar-refractivity contribution in [1.29, 1.82) is 0 Å². The summed E-state index contributed by atoms with van der Waals surface area (Å²) in [7, 11) is 0. The van der Waals surface area contributed by atoms with E-state index in [0.717, 1.165) is 25.3 Å². The van der Waals surface area contributed by atoms with E-state index in [4.69, 9.17) is 4.74 Å². The van der Waals surface area contributed by atoms with Crippen molar-refractivity contribution in [2.24, 2.45) is 11.8 Å². The first-order chi connectivity index (χ1) is 7.29. The third-order valence-corrected chi connectivity index (χ3v) is 3.34. The lowest BCUT2D eigenvalue weighted by Crippen LogP contribution is -2.40. The van der Waals surface area contributed by atoms with E-state index < -0.39 is 0 Å². The second-order valence-electron chi connectivity index (χ2n) is 4.79. The maximum absolute atomic E-state index is 11.6. The highest BCUT2D eigenvalue weighted by molar-refractivity contribution is 5.72. The minimum atomic E-state index is 0.0120. The van der Waals surface area contributed by atoms with Crippen molar-refractivity contribution in [3.05, 3.63) is 0 Å². The van der Waals surface area contributed by atoms with E-state index in [1.807, 2.05) is 6.92 Å². The van der Waals surface area contributed by atoms with Gasteiger partial charge in [0, 0.05) is 13.1 Å². The lowest BCUT2D eigenvalue weighted by molar-refractivity contribution is -0.149. The first-order valence-electron chi connectivity index (χ1n) is 6.18. The monoisotopic (exact) mass is 211 g/mol. The van der Waals surface area contributed by atoms with Crippen molar-refractivity contribution >= 4 is 5.97 Å². The van der Waals surface area contributed by atoms with Crippen LogP contribution in [0.15, 0.2) is 0 Å². The Morgan fingerprint density at radius 3 is 2.87 bits per heavy atom. The molecule has 0 aromatic heterocycles. The lowest BCUT2D eigenvalue weighted by atomic mass is 9.98. The van der Waals surface area contributed by atoms with Gasteiger partial charge in [-0.25, -0.2) is 0 Å². The molecule has 1 aliphatic carbocycles. The number of esters is 1. The molecule has 2 rings (SSSR count). The molecular weight excluding hydrogens is 190 g/mol. The van der Waals surface area contributed by atoms with Crippen molar-refractivity contribution in [2.75, 3.05) is 26.2 Å². The average molecular weight is 211 g/mol. The summed E-state index contributed by atoms with van der Waals surface area (Å²) < 4.78 is 5.08. The van der Waals surface area contributed by atoms with Gasteiger partial charge in [0.2, 0.25) is 0 Å². The lowest BCUT2D eigenvalue weighted by Gasteiger charge is -2.31. The number of piperidine rings is 1. The molecule has 1 unspecified atom stereocenters. The minimum Gasteiger partial charge on any atom is -0.466 e. The Labute approximate surface area is 91.8 Å². The van der Waals surface area contributed by atoms with Crippen LogP contribution in [-0.2, 0) is 9.53 Å². The molecule has 1 saturated heterocycles. The average Bonchev–Trinajstić information content (AvgIpc) is 3.03. The molecule has 86 valence electrons. The smallest absolute Gasteiger partial charge is 0.310 e. The molecule has 0 aromatic carbocycles. The SMILES string of the molecule is CCOC(=O)C1CCCN(CC2CC2)C1. The molecule has 0 radical (unpaired) electrons. The Bertz CT molecular complexity index is 226. The molecule has 2 fully saturated rings. The number of likely N-dealkylation sites (tertiary alicyclic amines) is 1. The molecule has 2 aliphatic rings. The normalized spacial score (nSPS) is 27.7. The van der Waals surface area contributed by atoms with Gasteiger partial charge in [-0.1, -0.05) is 0 Å². The highest BCUT2D eigenvalue weighted by Crippen LogP contribution is 2.31. The van der Waals surface area contributed by atoms with Gasteiger partial charge < -0.3 is 9.64 Å². The molecular formula is C12H21NO2. The third kappa shape index (κ3) is 3.20. The van der Waals surface area contributed by atoms with Crippen molar-refractivity contribution in [3.63, 3.8) is 0 Å². The van der Waals surface area contributed by atoms with Gasteiger partial charge in [0.05, 0.1) is 12.5 Å². The van der Waals surface area contributed by atoms with Gasteiger partial charge in [-0.15, -0.1) is 0 Å². The fourth-order valence-corrected chi connectivity index (χ4v) is 2.34. The summed E-state index contributed by atoms with van der Waals surface area (Å²) >= 11 is 0. The number of hydrogen-bond acceptors (Lipinski definition) is 3. The number of ether oxygens (including phenoxy) is 1. The fraction of sp³-hybridized carbons (Fsp3) is 0.917. The number of hydrogen-bond donors (Lipinski definition) is 0. The summed E-state index contributed by atoms with van der Waals surface area (Å²) in [6.07, 6.45) is 4.94. The molecule has 3 heteroatoms. The first kappa shape index (κ1) is 10.9. The van der Waals surface area contributed by atoms with Crippen LogP contribution in [0.25, 0.3) is 0 Å². The Morgan fingerprint density at radius 1 is 1.40 bits per heavy atom. The molecule has 0 spiro atoms. The van der Waals surface area contributed by atoms with E-state index in [1.165, 1.54) is 25.9 Å². The summed E-state index contributed by atoms with van der Waals surface area (Å²) in [5.41, 5.74) is 0. The Morgan fingerprint density at radius 2 is 2.20 bits per heavy atom. The largest absolute Gasteiger partial charge is 0.466 e. The van der Waals surface area contributed by atoms with Gasteiger partial charge in [0.1, 0.15) is 0 Å². The fourth-order valence-electron chi connectivity index (χ4n) is 2.34. The van der Waals surface area contributed by atoms with E-state index in [2.05, 4.69) is 4.90 Å². The molecule has 1 saturated carbocycles. The van der Waals surface area contributed by atoms with Crippen LogP contribution < -0.4 is 0 Å². The van der Waals surface area contributed by atoms with E-state index in [-0.39, 0.29) is 11.9 Å². The zero-order chi connectivity index (χ0) is 10.7. The summed E-state index contributed by atoms with van der Waals surface area (Å²) in [4.78, 5) is 14.0. The van der Waals surface area contributed by atoms with Crippen LogP contribution in [-0.4, -0.2) is 37.1 Å². The van der Waals surface area contributed by atoms with E-state index >= 15 is 0 Å². The topological polar surface area (TPSA) is 29.5 Å². The molecule has 0 N–H and O–H groups in total. The van der Waals surface area contributed by atoms with Crippen LogP contribution in [0.1, 0.15) is 32.6 Å². The van der Waals surface area contributed by atoms with Gasteiger partial charge in [0.15, 0.2) is 0 Å². The van der Waals surface area contributed by atoms with Crippen LogP contribution in [0.2, 0.25) is 0 Å². The molecule has 3 nitrogen and oxygen atoms in total. The maximum Gasteiger partial charge on any atom is 0.310 e. The third-order valence-electron chi connectivity index (χ3n) is 3.34. The molecule has 0 amide bonds.